The molecule has 0 bridgehead atoms. The van der Waals surface area contributed by atoms with E-state index in [9.17, 15) is 4.79 Å². The largest absolute Gasteiger partial charge is 0.345 e. The van der Waals surface area contributed by atoms with Crippen molar-refractivity contribution in [3.8, 4) is 11.4 Å². The van der Waals surface area contributed by atoms with Gasteiger partial charge in [0.25, 0.3) is 5.91 Å². The van der Waals surface area contributed by atoms with Gasteiger partial charge >= 0.3 is 0 Å². The average molecular weight is 465 g/mol. The lowest BCUT2D eigenvalue weighted by Crippen LogP contribution is -2.27. The number of nitrogens with one attached hydrogen (secondary N) is 1. The summed E-state index contributed by atoms with van der Waals surface area (Å²) in [4.78, 5) is 17.0. The molecule has 1 atom stereocenters. The Labute approximate surface area is 182 Å². The number of aromatic nitrogens is 5. The Morgan fingerprint density at radius 3 is 2.33 bits per heavy atom. The summed E-state index contributed by atoms with van der Waals surface area (Å²) in [7, 11) is 0. The molecular formula is C22H21BrN6O. The second-order valence-corrected chi connectivity index (χ2v) is 7.98. The maximum absolute atomic E-state index is 13.0. The first-order chi connectivity index (χ1) is 14.4. The predicted octanol–water partition coefficient (Wildman–Crippen LogP) is 4.32. The van der Waals surface area contributed by atoms with Gasteiger partial charge in [-0.3, -0.25) is 4.79 Å². The molecule has 0 saturated heterocycles. The maximum Gasteiger partial charge on any atom is 0.255 e. The fraction of sp³-hybridized carbons (Fsp3) is 0.182. The van der Waals surface area contributed by atoms with E-state index in [4.69, 9.17) is 0 Å². The summed E-state index contributed by atoms with van der Waals surface area (Å²) in [5.74, 6) is -0.138. The standard InChI is InChI=1S/C22H21BrN6O/c1-14(17-4-8-19(9-5-17)28-13-24-12-25-28)26-22(30)21-15(2)27-29(16(21)3)20-10-6-18(23)7-11-20/h4-14H,1-3H3,(H,26,30). The summed E-state index contributed by atoms with van der Waals surface area (Å²) in [5.41, 5.74) is 4.93. The molecule has 0 spiro atoms. The molecule has 30 heavy (non-hydrogen) atoms. The van der Waals surface area contributed by atoms with Crippen LogP contribution in [0.2, 0.25) is 0 Å². The fourth-order valence-electron chi connectivity index (χ4n) is 3.41. The zero-order valence-corrected chi connectivity index (χ0v) is 18.5. The minimum Gasteiger partial charge on any atom is -0.345 e. The highest BCUT2D eigenvalue weighted by Gasteiger charge is 2.21. The topological polar surface area (TPSA) is 77.6 Å². The SMILES string of the molecule is Cc1nn(-c2ccc(Br)cc2)c(C)c1C(=O)NC(C)c1ccc(-n2cncn2)cc1. The summed E-state index contributed by atoms with van der Waals surface area (Å²) in [6.45, 7) is 5.73. The van der Waals surface area contributed by atoms with Gasteiger partial charge in [-0.2, -0.15) is 10.2 Å². The molecule has 0 fully saturated rings. The first-order valence-electron chi connectivity index (χ1n) is 9.52. The lowest BCUT2D eigenvalue weighted by Gasteiger charge is -2.15. The summed E-state index contributed by atoms with van der Waals surface area (Å²) < 4.78 is 4.49. The number of hydrogen-bond donors (Lipinski definition) is 1. The fourth-order valence-corrected chi connectivity index (χ4v) is 3.68. The van der Waals surface area contributed by atoms with Crippen LogP contribution in [0.25, 0.3) is 11.4 Å². The van der Waals surface area contributed by atoms with Crippen molar-refractivity contribution < 1.29 is 4.79 Å². The molecule has 0 aliphatic heterocycles. The predicted molar refractivity (Wildman–Crippen MR) is 118 cm³/mol. The summed E-state index contributed by atoms with van der Waals surface area (Å²) in [6.07, 6.45) is 3.14. The van der Waals surface area contributed by atoms with Crippen LogP contribution in [0.15, 0.2) is 65.7 Å². The Morgan fingerprint density at radius 1 is 1.03 bits per heavy atom. The van der Waals surface area contributed by atoms with Gasteiger partial charge in [-0.1, -0.05) is 28.1 Å². The second-order valence-electron chi connectivity index (χ2n) is 7.06. The molecule has 0 aliphatic carbocycles. The van der Waals surface area contributed by atoms with Crippen molar-refractivity contribution in [1.82, 2.24) is 29.9 Å². The van der Waals surface area contributed by atoms with Crippen molar-refractivity contribution in [2.45, 2.75) is 26.8 Å². The number of carbonyl (C=O) groups is 1. The average Bonchev–Trinajstić information content (AvgIpc) is 3.37. The van der Waals surface area contributed by atoms with Gasteiger partial charge in [0.1, 0.15) is 12.7 Å². The van der Waals surface area contributed by atoms with Gasteiger partial charge < -0.3 is 5.32 Å². The third kappa shape index (κ3) is 3.91. The number of carbonyl (C=O) groups excluding carboxylic acids is 1. The molecule has 1 amide bonds. The Kier molecular flexibility index (Phi) is 5.50. The number of benzene rings is 2. The van der Waals surface area contributed by atoms with Gasteiger partial charge in [-0.25, -0.2) is 14.3 Å². The van der Waals surface area contributed by atoms with Crippen LogP contribution in [-0.4, -0.2) is 30.5 Å². The highest BCUT2D eigenvalue weighted by molar-refractivity contribution is 9.10. The van der Waals surface area contributed by atoms with Crippen molar-refractivity contribution in [2.24, 2.45) is 0 Å². The molecule has 4 aromatic rings. The molecule has 2 aromatic carbocycles. The van der Waals surface area contributed by atoms with E-state index in [-0.39, 0.29) is 11.9 Å². The normalized spacial score (nSPS) is 12.0. The Morgan fingerprint density at radius 2 is 1.70 bits per heavy atom. The van der Waals surface area contributed by atoms with Gasteiger partial charge in [0.15, 0.2) is 0 Å². The summed E-state index contributed by atoms with van der Waals surface area (Å²) in [6, 6.07) is 15.5. The van der Waals surface area contributed by atoms with E-state index in [2.05, 4.69) is 36.4 Å². The lowest BCUT2D eigenvalue weighted by molar-refractivity contribution is 0.0938. The third-order valence-electron chi connectivity index (χ3n) is 5.01. The van der Waals surface area contributed by atoms with E-state index in [1.807, 2.05) is 69.3 Å². The molecule has 2 aromatic heterocycles. The van der Waals surface area contributed by atoms with E-state index in [1.165, 1.54) is 6.33 Å². The number of amides is 1. The van der Waals surface area contributed by atoms with Crippen LogP contribution in [0.5, 0.6) is 0 Å². The van der Waals surface area contributed by atoms with Crippen LogP contribution >= 0.6 is 15.9 Å². The molecular weight excluding hydrogens is 444 g/mol. The molecule has 152 valence electrons. The van der Waals surface area contributed by atoms with Crippen LogP contribution in [0.1, 0.15) is 40.3 Å². The Balaban J connectivity index is 1.53. The van der Waals surface area contributed by atoms with Crippen molar-refractivity contribution in [3.63, 3.8) is 0 Å². The first kappa shape index (κ1) is 20.0. The number of aryl methyl sites for hydroxylation is 1. The maximum atomic E-state index is 13.0. The van der Waals surface area contributed by atoms with E-state index in [0.717, 1.165) is 27.1 Å². The summed E-state index contributed by atoms with van der Waals surface area (Å²) >= 11 is 3.44. The van der Waals surface area contributed by atoms with Crippen molar-refractivity contribution in [1.29, 1.82) is 0 Å². The van der Waals surface area contributed by atoms with E-state index in [0.29, 0.717) is 11.3 Å². The van der Waals surface area contributed by atoms with Crippen LogP contribution in [0, 0.1) is 13.8 Å². The quantitative estimate of drug-likeness (QED) is 0.476. The van der Waals surface area contributed by atoms with Crippen LogP contribution in [-0.2, 0) is 0 Å². The van der Waals surface area contributed by atoms with E-state index in [1.54, 1.807) is 15.7 Å². The van der Waals surface area contributed by atoms with Gasteiger partial charge in [0.05, 0.1) is 34.4 Å². The lowest BCUT2D eigenvalue weighted by atomic mass is 10.1. The molecule has 0 saturated carbocycles. The smallest absolute Gasteiger partial charge is 0.255 e. The van der Waals surface area contributed by atoms with E-state index < -0.39 is 0 Å². The number of nitrogens with zero attached hydrogens (tertiary/aromatic N) is 5. The third-order valence-corrected chi connectivity index (χ3v) is 5.54. The molecule has 2 heterocycles. The molecule has 0 aliphatic rings. The molecule has 1 unspecified atom stereocenters. The molecule has 4 rings (SSSR count). The van der Waals surface area contributed by atoms with Gasteiger partial charge in [-0.15, -0.1) is 0 Å². The number of halogens is 1. The molecule has 0 radical (unpaired) electrons. The van der Waals surface area contributed by atoms with Crippen LogP contribution < -0.4 is 5.32 Å². The Bertz CT molecular complexity index is 1160. The monoisotopic (exact) mass is 464 g/mol. The highest BCUT2D eigenvalue weighted by atomic mass is 79.9. The number of hydrogen-bond acceptors (Lipinski definition) is 4. The zero-order valence-electron chi connectivity index (χ0n) is 16.9. The van der Waals surface area contributed by atoms with Crippen LogP contribution in [0.4, 0.5) is 0 Å². The zero-order chi connectivity index (χ0) is 21.3. The van der Waals surface area contributed by atoms with Crippen molar-refractivity contribution >= 4 is 21.8 Å². The molecule has 8 heteroatoms. The minimum absolute atomic E-state index is 0.138. The minimum atomic E-state index is -0.155. The van der Waals surface area contributed by atoms with Crippen molar-refractivity contribution in [2.75, 3.05) is 0 Å². The summed E-state index contributed by atoms with van der Waals surface area (Å²) in [5, 5.41) is 11.8. The first-order valence-corrected chi connectivity index (χ1v) is 10.3. The van der Waals surface area contributed by atoms with Gasteiger partial charge in [0, 0.05) is 4.47 Å². The van der Waals surface area contributed by atoms with Gasteiger partial charge in [-0.05, 0) is 62.7 Å². The van der Waals surface area contributed by atoms with Crippen LogP contribution in [0.3, 0.4) is 0 Å². The van der Waals surface area contributed by atoms with Crippen molar-refractivity contribution in [3.05, 3.63) is 88.2 Å². The molecule has 7 nitrogen and oxygen atoms in total. The number of rotatable bonds is 5. The second kappa shape index (κ2) is 8.23. The van der Waals surface area contributed by atoms with Gasteiger partial charge in [0.2, 0.25) is 0 Å². The van der Waals surface area contributed by atoms with E-state index >= 15 is 0 Å². The molecule has 1 N–H and O–H groups in total. The Hall–Kier alpha value is -3.26. The highest BCUT2D eigenvalue weighted by Crippen LogP contribution is 2.21.